The maximum Gasteiger partial charge on any atom is 0.295 e. The first-order valence-corrected chi connectivity index (χ1v) is 22.7. The number of benzene rings is 9. The molecule has 0 spiro atoms. The summed E-state index contributed by atoms with van der Waals surface area (Å²) >= 11 is 0. The van der Waals surface area contributed by atoms with E-state index < -0.39 is 25.1 Å². The first kappa shape index (κ1) is 43.1. The maximum atomic E-state index is 12.3. The summed E-state index contributed by atoms with van der Waals surface area (Å²) in [5.74, 6) is 0.992. The molecule has 4 N–H and O–H groups in total. The number of hydrogen-bond donors (Lipinski definition) is 4. The molecule has 9 aromatic rings. The molecule has 0 bridgehead atoms. The minimum Gasteiger partial charge on any atom is -0.505 e. The van der Waals surface area contributed by atoms with Gasteiger partial charge in [-0.15, -0.1) is 25.6 Å². The molecule has 9 rings (SSSR count). The largest absolute Gasteiger partial charge is 0.505 e. The van der Waals surface area contributed by atoms with Gasteiger partial charge >= 0.3 is 0 Å². The van der Waals surface area contributed by atoms with E-state index in [2.05, 4.69) is 36.0 Å². The zero-order valence-electron chi connectivity index (χ0n) is 34.7. The van der Waals surface area contributed by atoms with E-state index in [1.807, 2.05) is 66.7 Å². The Morgan fingerprint density at radius 2 is 1.12 bits per heavy atom. The van der Waals surface area contributed by atoms with Crippen LogP contribution < -0.4 is 14.8 Å². The second-order valence-electron chi connectivity index (χ2n) is 14.7. The molecule has 0 saturated carbocycles. The second-order valence-corrected chi connectivity index (χ2v) is 17.5. The molecule has 0 unspecified atom stereocenters. The molecule has 0 amide bonds. The molecule has 66 heavy (non-hydrogen) atoms. The number of rotatable bonds is 12. The fourth-order valence-corrected chi connectivity index (χ4v) is 8.64. The van der Waals surface area contributed by atoms with Gasteiger partial charge in [-0.3, -0.25) is 9.11 Å². The van der Waals surface area contributed by atoms with Gasteiger partial charge in [0.1, 0.15) is 27.8 Å². The Morgan fingerprint density at radius 1 is 0.470 bits per heavy atom. The van der Waals surface area contributed by atoms with Crippen LogP contribution in [0.2, 0.25) is 0 Å². The van der Waals surface area contributed by atoms with E-state index in [-0.39, 0.29) is 38.5 Å². The van der Waals surface area contributed by atoms with Gasteiger partial charge in [0.15, 0.2) is 5.75 Å². The molecule has 0 fully saturated rings. The number of fused-ring (bicyclic) bond motifs is 4. The maximum absolute atomic E-state index is 12.3. The fraction of sp³-hybridized carbons (Fsp3) is 0.0417. The Hall–Kier alpha value is -8.16. The second kappa shape index (κ2) is 17.4. The molecular formula is C48H35N7O9S2. The third-order valence-electron chi connectivity index (χ3n) is 10.7. The number of anilines is 2. The van der Waals surface area contributed by atoms with Gasteiger partial charge in [-0.1, -0.05) is 54.6 Å². The number of nitrogens with zero attached hydrogens (tertiary/aromatic N) is 6. The monoisotopic (exact) mass is 917 g/mol. The first-order chi connectivity index (χ1) is 31.8. The van der Waals surface area contributed by atoms with Crippen molar-refractivity contribution in [2.75, 3.05) is 19.5 Å². The highest BCUT2D eigenvalue weighted by atomic mass is 32.2. The zero-order valence-corrected chi connectivity index (χ0v) is 36.4. The SMILES string of the molecule is COc1ccc(Nc2ccc3c(O)c(N=Nc4c(OC)cc(N=Nc5ccc(N=Nc6ccc7cccc(S(=O)(=O)O)c7c6)c6ccc(S(=O)(=O)O)cc56)c5ccccc45)ccc3c2)cc1. The van der Waals surface area contributed by atoms with Crippen molar-refractivity contribution >= 4 is 109 Å². The van der Waals surface area contributed by atoms with Crippen molar-refractivity contribution in [1.29, 1.82) is 0 Å². The van der Waals surface area contributed by atoms with E-state index in [0.717, 1.165) is 22.5 Å². The molecule has 0 aliphatic heterocycles. The van der Waals surface area contributed by atoms with Crippen molar-refractivity contribution < 1.29 is 40.5 Å². The van der Waals surface area contributed by atoms with Crippen molar-refractivity contribution in [3.05, 3.63) is 152 Å². The lowest BCUT2D eigenvalue weighted by molar-refractivity contribution is 0.415. The number of hydrogen-bond acceptors (Lipinski definition) is 14. The number of nitrogens with one attached hydrogen (secondary N) is 1. The van der Waals surface area contributed by atoms with Crippen LogP contribution in [0.25, 0.3) is 43.1 Å². The summed E-state index contributed by atoms with van der Waals surface area (Å²) in [4.78, 5) is -0.672. The number of azo groups is 3. The molecule has 9 aromatic carbocycles. The van der Waals surface area contributed by atoms with Crippen molar-refractivity contribution in [1.82, 2.24) is 0 Å². The molecule has 0 aliphatic rings. The standard InChI is InChI=1S/C48H35N7O9S2/c1-63-33-16-13-30(14-17-33)49-31-15-19-35-29(24-31)11-21-43(48(35)56)53-55-47-38-8-4-3-7-36(38)44(27-45(47)64-2)54-52-42-23-22-41(37-20-18-34(26-40(37)42)65(57,58)59)51-50-32-12-10-28-6-5-9-46(39(28)25-32)66(60,61)62/h3-27,49,56H,1-2H3,(H,57,58,59)(H,60,61,62). The third-order valence-corrected chi connectivity index (χ3v) is 12.4. The van der Waals surface area contributed by atoms with Crippen LogP contribution in [0.4, 0.5) is 45.5 Å². The topological polar surface area (TPSA) is 234 Å². The van der Waals surface area contributed by atoms with Crippen LogP contribution in [0, 0.1) is 0 Å². The van der Waals surface area contributed by atoms with Crippen LogP contribution in [-0.2, 0) is 20.2 Å². The van der Waals surface area contributed by atoms with Crippen LogP contribution in [0.5, 0.6) is 17.2 Å². The smallest absolute Gasteiger partial charge is 0.295 e. The number of phenolic OH excluding ortho intramolecular Hbond substituents is 1. The van der Waals surface area contributed by atoms with Gasteiger partial charge in [0.25, 0.3) is 20.2 Å². The van der Waals surface area contributed by atoms with Gasteiger partial charge in [-0.05, 0) is 102 Å². The summed E-state index contributed by atoms with van der Waals surface area (Å²) < 4.78 is 79.4. The van der Waals surface area contributed by atoms with Crippen LogP contribution in [0.15, 0.2) is 192 Å². The van der Waals surface area contributed by atoms with Crippen LogP contribution in [0.3, 0.4) is 0 Å². The summed E-state index contributed by atoms with van der Waals surface area (Å²) in [5.41, 5.74) is 3.46. The van der Waals surface area contributed by atoms with E-state index in [1.54, 1.807) is 55.6 Å². The molecule has 0 atom stereocenters. The predicted molar refractivity (Wildman–Crippen MR) is 252 cm³/mol. The van der Waals surface area contributed by atoms with Gasteiger partial charge in [-0.2, -0.15) is 21.9 Å². The summed E-state index contributed by atoms with van der Waals surface area (Å²) in [6.07, 6.45) is 0. The summed E-state index contributed by atoms with van der Waals surface area (Å²) in [5, 5.41) is 45.5. The summed E-state index contributed by atoms with van der Waals surface area (Å²) in [7, 11) is -6.08. The highest BCUT2D eigenvalue weighted by Gasteiger charge is 2.18. The van der Waals surface area contributed by atoms with Gasteiger partial charge in [-0.25, -0.2) is 0 Å². The predicted octanol–water partition coefficient (Wildman–Crippen LogP) is 13.5. The Balaban J connectivity index is 1.04. The lowest BCUT2D eigenvalue weighted by Gasteiger charge is -2.11. The van der Waals surface area contributed by atoms with Crippen molar-refractivity contribution in [3.63, 3.8) is 0 Å². The Bertz CT molecular complexity index is 3730. The fourth-order valence-electron chi connectivity index (χ4n) is 7.43. The average Bonchev–Trinajstić information content (AvgIpc) is 3.31. The number of ether oxygens (including phenoxy) is 2. The van der Waals surface area contributed by atoms with E-state index >= 15 is 0 Å². The third kappa shape index (κ3) is 8.71. The van der Waals surface area contributed by atoms with Crippen molar-refractivity contribution in [3.8, 4) is 17.2 Å². The minimum absolute atomic E-state index is 0.0548. The molecule has 0 saturated heterocycles. The van der Waals surface area contributed by atoms with Gasteiger partial charge in [0.2, 0.25) is 0 Å². The molecular weight excluding hydrogens is 883 g/mol. The number of aromatic hydroxyl groups is 1. The zero-order chi connectivity index (χ0) is 46.2. The number of methoxy groups -OCH3 is 2. The van der Waals surface area contributed by atoms with Crippen molar-refractivity contribution in [2.24, 2.45) is 30.7 Å². The summed E-state index contributed by atoms with van der Waals surface area (Å²) in [6.45, 7) is 0. The summed E-state index contributed by atoms with van der Waals surface area (Å²) in [6, 6.07) is 41.8. The highest BCUT2D eigenvalue weighted by molar-refractivity contribution is 7.86. The van der Waals surface area contributed by atoms with Gasteiger partial charge in [0.05, 0.1) is 41.9 Å². The van der Waals surface area contributed by atoms with E-state index in [9.17, 15) is 31.0 Å². The Labute approximate surface area is 376 Å². The molecule has 0 aromatic heterocycles. The van der Waals surface area contributed by atoms with E-state index in [1.165, 1.54) is 43.5 Å². The Kier molecular flexibility index (Phi) is 11.4. The lowest BCUT2D eigenvalue weighted by atomic mass is 10.1. The van der Waals surface area contributed by atoms with Crippen LogP contribution >= 0.6 is 0 Å². The van der Waals surface area contributed by atoms with E-state index in [4.69, 9.17) is 9.47 Å². The lowest BCUT2D eigenvalue weighted by Crippen LogP contribution is -1.98. The molecule has 0 aliphatic carbocycles. The highest BCUT2D eigenvalue weighted by Crippen LogP contribution is 2.45. The molecule has 0 heterocycles. The molecule has 328 valence electrons. The van der Waals surface area contributed by atoms with E-state index in [0.29, 0.717) is 49.7 Å². The molecule has 0 radical (unpaired) electrons. The average molecular weight is 918 g/mol. The normalized spacial score (nSPS) is 12.4. The quantitative estimate of drug-likeness (QED) is 0.0668. The minimum atomic E-state index is -4.63. The van der Waals surface area contributed by atoms with Gasteiger partial charge in [0, 0.05) is 49.8 Å². The molecule has 18 heteroatoms. The molecule has 16 nitrogen and oxygen atoms in total. The van der Waals surface area contributed by atoms with Crippen LogP contribution in [-0.4, -0.2) is 45.3 Å². The Morgan fingerprint density at radius 3 is 1.86 bits per heavy atom. The number of phenols is 1. The first-order valence-electron chi connectivity index (χ1n) is 19.8. The van der Waals surface area contributed by atoms with Crippen molar-refractivity contribution in [2.45, 2.75) is 9.79 Å². The van der Waals surface area contributed by atoms with Gasteiger partial charge < -0.3 is 19.9 Å². The van der Waals surface area contributed by atoms with Crippen LogP contribution in [0.1, 0.15) is 0 Å².